The van der Waals surface area contributed by atoms with Crippen molar-refractivity contribution in [2.45, 2.75) is 24.3 Å². The van der Waals surface area contributed by atoms with Gasteiger partial charge in [-0.15, -0.1) is 0 Å². The molecule has 30 heavy (non-hydrogen) atoms. The molecule has 0 atom stereocenters. The van der Waals surface area contributed by atoms with Gasteiger partial charge >= 0.3 is 0 Å². The number of nitrogens with zero attached hydrogens (tertiary/aromatic N) is 1. The van der Waals surface area contributed by atoms with Gasteiger partial charge in [0.15, 0.2) is 0 Å². The number of sulfonamides is 1. The Bertz CT molecular complexity index is 930. The van der Waals surface area contributed by atoms with E-state index >= 15 is 0 Å². The van der Waals surface area contributed by atoms with E-state index in [1.165, 1.54) is 9.87 Å². The lowest BCUT2D eigenvalue weighted by Gasteiger charge is -2.30. The van der Waals surface area contributed by atoms with Gasteiger partial charge in [-0.3, -0.25) is 4.79 Å². The molecule has 1 N–H and O–H groups in total. The zero-order chi connectivity index (χ0) is 21.4. The van der Waals surface area contributed by atoms with Gasteiger partial charge in [-0.25, -0.2) is 12.7 Å². The standard InChI is InChI=1S/C22H27ClN2O3S2/c23-21-9-5-4-8-20(21)17-30(27,28)25-13-10-19(11-14-25)22(26)24-12-15-29-16-18-6-2-1-3-7-18/h1-9,19H,10-17H2,(H,24,26). The second-order valence-corrected chi connectivity index (χ2v) is 10.8. The third-order valence-electron chi connectivity index (χ3n) is 5.17. The number of carbonyl (C=O) groups excluding carboxylic acids is 1. The fourth-order valence-electron chi connectivity index (χ4n) is 3.45. The number of hydrogen-bond acceptors (Lipinski definition) is 4. The van der Waals surface area contributed by atoms with Crippen LogP contribution in [0.2, 0.25) is 5.02 Å². The van der Waals surface area contributed by atoms with Crippen molar-refractivity contribution in [2.24, 2.45) is 5.92 Å². The number of rotatable bonds is 9. The first kappa shape index (κ1) is 23.1. The Morgan fingerprint density at radius 1 is 1.07 bits per heavy atom. The van der Waals surface area contributed by atoms with E-state index < -0.39 is 10.0 Å². The molecule has 0 unspecified atom stereocenters. The van der Waals surface area contributed by atoms with Gasteiger partial charge in [-0.1, -0.05) is 60.1 Å². The number of halogens is 1. The number of benzene rings is 2. The van der Waals surface area contributed by atoms with E-state index in [0.717, 1.165) is 11.5 Å². The summed E-state index contributed by atoms with van der Waals surface area (Å²) < 4.78 is 26.9. The van der Waals surface area contributed by atoms with Crippen molar-refractivity contribution in [3.05, 3.63) is 70.7 Å². The van der Waals surface area contributed by atoms with Gasteiger partial charge in [0.1, 0.15) is 0 Å². The second kappa shape index (κ2) is 11.2. The average Bonchev–Trinajstić information content (AvgIpc) is 2.76. The van der Waals surface area contributed by atoms with E-state index in [2.05, 4.69) is 17.4 Å². The largest absolute Gasteiger partial charge is 0.355 e. The van der Waals surface area contributed by atoms with Gasteiger partial charge in [-0.05, 0) is 30.0 Å². The van der Waals surface area contributed by atoms with Crippen LogP contribution in [0.25, 0.3) is 0 Å². The van der Waals surface area contributed by atoms with Crippen LogP contribution < -0.4 is 5.32 Å². The molecular formula is C22H27ClN2O3S2. The van der Waals surface area contributed by atoms with Crippen LogP contribution in [-0.4, -0.2) is 44.0 Å². The summed E-state index contributed by atoms with van der Waals surface area (Å²) in [6, 6.07) is 17.2. The minimum atomic E-state index is -3.44. The molecule has 2 aromatic rings. The van der Waals surface area contributed by atoms with Crippen molar-refractivity contribution in [1.82, 2.24) is 9.62 Å². The van der Waals surface area contributed by atoms with Crippen molar-refractivity contribution >= 4 is 39.3 Å². The van der Waals surface area contributed by atoms with Crippen molar-refractivity contribution in [3.63, 3.8) is 0 Å². The van der Waals surface area contributed by atoms with Gasteiger partial charge in [-0.2, -0.15) is 11.8 Å². The van der Waals surface area contributed by atoms with E-state index in [1.54, 1.807) is 36.0 Å². The molecule has 162 valence electrons. The fraction of sp³-hybridized carbons (Fsp3) is 0.409. The highest BCUT2D eigenvalue weighted by molar-refractivity contribution is 7.98. The van der Waals surface area contributed by atoms with E-state index in [-0.39, 0.29) is 17.6 Å². The molecule has 1 saturated heterocycles. The molecular weight excluding hydrogens is 440 g/mol. The van der Waals surface area contributed by atoms with Gasteiger partial charge in [0, 0.05) is 42.1 Å². The molecule has 0 spiro atoms. The summed E-state index contributed by atoms with van der Waals surface area (Å²) in [5.41, 5.74) is 1.88. The first-order valence-electron chi connectivity index (χ1n) is 10.1. The van der Waals surface area contributed by atoms with Crippen LogP contribution in [0, 0.1) is 5.92 Å². The first-order chi connectivity index (χ1) is 14.5. The van der Waals surface area contributed by atoms with Gasteiger partial charge < -0.3 is 5.32 Å². The predicted octanol–water partition coefficient (Wildman–Crippen LogP) is 3.93. The SMILES string of the molecule is O=C(NCCSCc1ccccc1)C1CCN(S(=O)(=O)Cc2ccccc2Cl)CC1. The molecule has 0 bridgehead atoms. The van der Waals surface area contributed by atoms with Crippen LogP contribution in [0.1, 0.15) is 24.0 Å². The Morgan fingerprint density at radius 3 is 2.43 bits per heavy atom. The molecule has 2 aromatic carbocycles. The third-order valence-corrected chi connectivity index (χ3v) is 8.40. The third kappa shape index (κ3) is 6.74. The number of thioether (sulfide) groups is 1. The minimum absolute atomic E-state index is 0.0264. The number of amides is 1. The summed E-state index contributed by atoms with van der Waals surface area (Å²) in [5, 5.41) is 3.45. The second-order valence-electron chi connectivity index (χ2n) is 7.35. The Morgan fingerprint density at radius 2 is 1.73 bits per heavy atom. The summed E-state index contributed by atoms with van der Waals surface area (Å²) in [4.78, 5) is 12.4. The highest BCUT2D eigenvalue weighted by Crippen LogP contribution is 2.24. The summed E-state index contributed by atoms with van der Waals surface area (Å²) in [6.45, 7) is 1.36. The molecule has 8 heteroatoms. The number of nitrogens with one attached hydrogen (secondary N) is 1. The monoisotopic (exact) mass is 466 g/mol. The topological polar surface area (TPSA) is 66.5 Å². The maximum atomic E-state index is 12.7. The normalized spacial score (nSPS) is 15.8. The van der Waals surface area contributed by atoms with Crippen LogP contribution in [0.4, 0.5) is 0 Å². The van der Waals surface area contributed by atoms with Crippen LogP contribution >= 0.6 is 23.4 Å². The van der Waals surface area contributed by atoms with Crippen molar-refractivity contribution in [1.29, 1.82) is 0 Å². The zero-order valence-electron chi connectivity index (χ0n) is 16.8. The van der Waals surface area contributed by atoms with Crippen LogP contribution in [-0.2, 0) is 26.3 Å². The van der Waals surface area contributed by atoms with Crippen molar-refractivity contribution < 1.29 is 13.2 Å². The highest BCUT2D eigenvalue weighted by atomic mass is 35.5. The molecule has 1 aliphatic rings. The van der Waals surface area contributed by atoms with E-state index in [0.29, 0.717) is 43.1 Å². The molecule has 3 rings (SSSR count). The average molecular weight is 467 g/mol. The van der Waals surface area contributed by atoms with Crippen LogP contribution in [0.3, 0.4) is 0 Å². The quantitative estimate of drug-likeness (QED) is 0.568. The van der Waals surface area contributed by atoms with Gasteiger partial charge in [0.25, 0.3) is 0 Å². The Balaban J connectivity index is 1.38. The molecule has 5 nitrogen and oxygen atoms in total. The summed E-state index contributed by atoms with van der Waals surface area (Å²) in [7, 11) is -3.44. The Hall–Kier alpha value is -1.54. The van der Waals surface area contributed by atoms with E-state index in [9.17, 15) is 13.2 Å². The molecule has 1 fully saturated rings. The minimum Gasteiger partial charge on any atom is -0.355 e. The van der Waals surface area contributed by atoms with Crippen molar-refractivity contribution in [2.75, 3.05) is 25.4 Å². The zero-order valence-corrected chi connectivity index (χ0v) is 19.2. The Labute approximate surface area is 188 Å². The van der Waals surface area contributed by atoms with Crippen molar-refractivity contribution in [3.8, 4) is 0 Å². The fourth-order valence-corrected chi connectivity index (χ4v) is 6.15. The molecule has 1 heterocycles. The van der Waals surface area contributed by atoms with Gasteiger partial charge in [0.05, 0.1) is 5.75 Å². The van der Waals surface area contributed by atoms with E-state index in [4.69, 9.17) is 11.6 Å². The highest BCUT2D eigenvalue weighted by Gasteiger charge is 2.31. The van der Waals surface area contributed by atoms with Gasteiger partial charge in [0.2, 0.25) is 15.9 Å². The number of carbonyl (C=O) groups is 1. The lowest BCUT2D eigenvalue weighted by molar-refractivity contribution is -0.125. The van der Waals surface area contributed by atoms with Crippen LogP contribution in [0.15, 0.2) is 54.6 Å². The maximum Gasteiger partial charge on any atom is 0.223 e. The molecule has 1 aliphatic heterocycles. The molecule has 1 amide bonds. The maximum absolute atomic E-state index is 12.7. The summed E-state index contributed by atoms with van der Waals surface area (Å²) >= 11 is 7.89. The smallest absolute Gasteiger partial charge is 0.223 e. The molecule has 0 saturated carbocycles. The Kier molecular flexibility index (Phi) is 8.62. The lowest BCUT2D eigenvalue weighted by Crippen LogP contribution is -2.43. The number of hydrogen-bond donors (Lipinski definition) is 1. The lowest BCUT2D eigenvalue weighted by atomic mass is 9.97. The van der Waals surface area contributed by atoms with Crippen LogP contribution in [0.5, 0.6) is 0 Å². The summed E-state index contributed by atoms with van der Waals surface area (Å²) in [6.07, 6.45) is 1.09. The predicted molar refractivity (Wildman–Crippen MR) is 124 cm³/mol. The summed E-state index contributed by atoms with van der Waals surface area (Å²) in [5.74, 6) is 1.57. The molecule has 0 aliphatic carbocycles. The number of piperidine rings is 1. The molecule has 0 radical (unpaired) electrons. The molecule has 0 aromatic heterocycles. The first-order valence-corrected chi connectivity index (χ1v) is 13.2. The van der Waals surface area contributed by atoms with E-state index in [1.807, 2.05) is 18.2 Å².